The van der Waals surface area contributed by atoms with Crippen molar-refractivity contribution in [2.24, 2.45) is 5.73 Å². The zero-order valence-corrected chi connectivity index (χ0v) is 10.3. The third kappa shape index (κ3) is 2.07. The van der Waals surface area contributed by atoms with Crippen LogP contribution in [0.15, 0.2) is 24.4 Å². The maximum atomic E-state index is 11.3. The summed E-state index contributed by atoms with van der Waals surface area (Å²) in [5, 5.41) is 9.99. The molecule has 2 N–H and O–H groups in total. The minimum atomic E-state index is -0.503. The van der Waals surface area contributed by atoms with Crippen LogP contribution in [-0.2, 0) is 6.54 Å². The van der Waals surface area contributed by atoms with Crippen molar-refractivity contribution in [2.75, 3.05) is 0 Å². The van der Waals surface area contributed by atoms with Gasteiger partial charge in [-0.15, -0.1) is 0 Å². The van der Waals surface area contributed by atoms with Crippen molar-refractivity contribution >= 4 is 16.8 Å². The minimum absolute atomic E-state index is 0.385. The lowest BCUT2D eigenvalue weighted by molar-refractivity contribution is 0.100. The predicted molar refractivity (Wildman–Crippen MR) is 70.1 cm³/mol. The van der Waals surface area contributed by atoms with Gasteiger partial charge in [0, 0.05) is 23.7 Å². The number of hydrogen-bond donors (Lipinski definition) is 1. The summed E-state index contributed by atoms with van der Waals surface area (Å²) in [7, 11) is 0. The molecule has 18 heavy (non-hydrogen) atoms. The van der Waals surface area contributed by atoms with E-state index >= 15 is 0 Å². The number of carbonyl (C=O) groups is 1. The number of fused-ring (bicyclic) bond motifs is 1. The number of rotatable bonds is 4. The molecule has 92 valence electrons. The van der Waals surface area contributed by atoms with Crippen LogP contribution in [0.4, 0.5) is 0 Å². The molecule has 0 aliphatic heterocycles. The molecule has 0 spiro atoms. The fourth-order valence-corrected chi connectivity index (χ4v) is 2.05. The Labute approximate surface area is 106 Å². The van der Waals surface area contributed by atoms with E-state index in [1.807, 2.05) is 12.3 Å². The molecular formula is C14H15N3O. The molecule has 0 unspecified atom stereocenters. The molecule has 0 bridgehead atoms. The Morgan fingerprint density at radius 3 is 2.89 bits per heavy atom. The molecule has 1 aromatic carbocycles. The monoisotopic (exact) mass is 241 g/mol. The van der Waals surface area contributed by atoms with E-state index in [1.54, 1.807) is 12.1 Å². The Morgan fingerprint density at radius 2 is 2.28 bits per heavy atom. The summed E-state index contributed by atoms with van der Waals surface area (Å²) in [6.07, 6.45) is 4.11. The summed E-state index contributed by atoms with van der Waals surface area (Å²) in [4.78, 5) is 11.3. The Hall–Kier alpha value is -2.28. The normalized spacial score (nSPS) is 10.4. The van der Waals surface area contributed by atoms with Gasteiger partial charge < -0.3 is 10.3 Å². The maximum Gasteiger partial charge on any atom is 0.248 e. The lowest BCUT2D eigenvalue weighted by Crippen LogP contribution is -2.11. The van der Waals surface area contributed by atoms with Crippen molar-refractivity contribution in [3.8, 4) is 6.07 Å². The second kappa shape index (κ2) is 4.92. The van der Waals surface area contributed by atoms with Crippen LogP contribution in [0.3, 0.4) is 0 Å². The van der Waals surface area contributed by atoms with Crippen LogP contribution >= 0.6 is 0 Å². The third-order valence-electron chi connectivity index (χ3n) is 3.05. The number of aromatic nitrogens is 1. The van der Waals surface area contributed by atoms with E-state index in [0.29, 0.717) is 11.1 Å². The van der Waals surface area contributed by atoms with Gasteiger partial charge in [-0.25, -0.2) is 0 Å². The Kier molecular flexibility index (Phi) is 3.33. The highest BCUT2D eigenvalue weighted by Gasteiger charge is 2.10. The van der Waals surface area contributed by atoms with Gasteiger partial charge in [0.2, 0.25) is 5.91 Å². The van der Waals surface area contributed by atoms with E-state index in [0.717, 1.165) is 30.3 Å². The number of nitrogens with two attached hydrogens (primary N) is 1. The molecule has 0 radical (unpaired) electrons. The van der Waals surface area contributed by atoms with Gasteiger partial charge in [0.05, 0.1) is 17.1 Å². The molecule has 0 fully saturated rings. The first-order chi connectivity index (χ1) is 8.67. The molecule has 2 rings (SSSR count). The molecule has 0 atom stereocenters. The lowest BCUT2D eigenvalue weighted by Gasteiger charge is -2.06. The highest BCUT2D eigenvalue weighted by atomic mass is 16.1. The Balaban J connectivity index is 2.61. The molecule has 1 heterocycles. The van der Waals surface area contributed by atoms with Crippen molar-refractivity contribution in [1.29, 1.82) is 5.26 Å². The minimum Gasteiger partial charge on any atom is -0.366 e. The molecular weight excluding hydrogens is 226 g/mol. The highest BCUT2D eigenvalue weighted by Crippen LogP contribution is 2.22. The number of aryl methyl sites for hydroxylation is 1. The Morgan fingerprint density at radius 1 is 1.50 bits per heavy atom. The summed E-state index contributed by atoms with van der Waals surface area (Å²) in [6, 6.07) is 7.33. The summed E-state index contributed by atoms with van der Waals surface area (Å²) in [5.74, 6) is -0.503. The second-order valence-electron chi connectivity index (χ2n) is 4.30. The largest absolute Gasteiger partial charge is 0.366 e. The zero-order valence-electron chi connectivity index (χ0n) is 10.3. The third-order valence-corrected chi connectivity index (χ3v) is 3.05. The van der Waals surface area contributed by atoms with Gasteiger partial charge in [-0.3, -0.25) is 4.79 Å². The first kappa shape index (κ1) is 12.2. The van der Waals surface area contributed by atoms with Gasteiger partial charge in [0.15, 0.2) is 0 Å². The van der Waals surface area contributed by atoms with Crippen molar-refractivity contribution in [3.05, 3.63) is 35.5 Å². The molecule has 2 aromatic rings. The first-order valence-electron chi connectivity index (χ1n) is 6.00. The molecule has 0 aliphatic rings. The second-order valence-corrected chi connectivity index (χ2v) is 4.30. The van der Waals surface area contributed by atoms with Gasteiger partial charge in [0.1, 0.15) is 0 Å². The average Bonchev–Trinajstić information content (AvgIpc) is 2.78. The smallest absolute Gasteiger partial charge is 0.248 e. The van der Waals surface area contributed by atoms with Crippen LogP contribution < -0.4 is 5.73 Å². The average molecular weight is 241 g/mol. The standard InChI is InChI=1S/C14H15N3O/c1-2-3-5-17-6-4-12-11(9-15)7-10(14(16)18)8-13(12)17/h4,6-8H,2-3,5H2,1H3,(H2,16,18). The van der Waals surface area contributed by atoms with Crippen LogP contribution in [0.25, 0.3) is 10.9 Å². The number of benzene rings is 1. The molecule has 4 heteroatoms. The molecule has 0 saturated carbocycles. The first-order valence-corrected chi connectivity index (χ1v) is 6.00. The lowest BCUT2D eigenvalue weighted by atomic mass is 10.1. The van der Waals surface area contributed by atoms with Gasteiger partial charge in [-0.2, -0.15) is 5.26 Å². The summed E-state index contributed by atoms with van der Waals surface area (Å²) < 4.78 is 2.06. The van der Waals surface area contributed by atoms with E-state index in [2.05, 4.69) is 17.6 Å². The number of carbonyl (C=O) groups excluding carboxylic acids is 1. The van der Waals surface area contributed by atoms with E-state index in [-0.39, 0.29) is 0 Å². The molecule has 1 aromatic heterocycles. The molecule has 0 saturated heterocycles. The fourth-order valence-electron chi connectivity index (χ4n) is 2.05. The van der Waals surface area contributed by atoms with Crippen LogP contribution in [-0.4, -0.2) is 10.5 Å². The van der Waals surface area contributed by atoms with E-state index in [4.69, 9.17) is 11.0 Å². The van der Waals surface area contributed by atoms with Crippen LogP contribution in [0.2, 0.25) is 0 Å². The van der Waals surface area contributed by atoms with Crippen LogP contribution in [0.1, 0.15) is 35.7 Å². The number of primary amides is 1. The van der Waals surface area contributed by atoms with Crippen molar-refractivity contribution < 1.29 is 4.79 Å². The summed E-state index contributed by atoms with van der Waals surface area (Å²) in [6.45, 7) is 3.01. The molecule has 4 nitrogen and oxygen atoms in total. The van der Waals surface area contributed by atoms with Gasteiger partial charge in [-0.05, 0) is 24.6 Å². The van der Waals surface area contributed by atoms with Gasteiger partial charge >= 0.3 is 0 Å². The topological polar surface area (TPSA) is 71.8 Å². The number of nitriles is 1. The van der Waals surface area contributed by atoms with Crippen molar-refractivity contribution in [2.45, 2.75) is 26.3 Å². The number of nitrogens with zero attached hydrogens (tertiary/aromatic N) is 2. The van der Waals surface area contributed by atoms with E-state index in [9.17, 15) is 4.79 Å². The van der Waals surface area contributed by atoms with Gasteiger partial charge in [0.25, 0.3) is 0 Å². The van der Waals surface area contributed by atoms with Crippen molar-refractivity contribution in [3.63, 3.8) is 0 Å². The quantitative estimate of drug-likeness (QED) is 0.892. The number of amides is 1. The molecule has 1 amide bonds. The molecule has 0 aliphatic carbocycles. The van der Waals surface area contributed by atoms with E-state index < -0.39 is 5.91 Å². The maximum absolute atomic E-state index is 11.3. The summed E-state index contributed by atoms with van der Waals surface area (Å²) in [5.41, 5.74) is 7.07. The highest BCUT2D eigenvalue weighted by molar-refractivity contribution is 5.99. The van der Waals surface area contributed by atoms with Crippen LogP contribution in [0, 0.1) is 11.3 Å². The Bertz CT molecular complexity index is 634. The number of unbranched alkanes of at least 4 members (excludes halogenated alkanes) is 1. The van der Waals surface area contributed by atoms with E-state index in [1.165, 1.54) is 0 Å². The predicted octanol–water partition coefficient (Wildman–Crippen LogP) is 2.41. The van der Waals surface area contributed by atoms with Crippen LogP contribution in [0.5, 0.6) is 0 Å². The van der Waals surface area contributed by atoms with Crippen molar-refractivity contribution in [1.82, 2.24) is 4.57 Å². The SMILES string of the molecule is CCCCn1ccc2c(C#N)cc(C(N)=O)cc21. The van der Waals surface area contributed by atoms with Gasteiger partial charge in [-0.1, -0.05) is 13.3 Å². The fraction of sp³-hybridized carbons (Fsp3) is 0.286. The zero-order chi connectivity index (χ0) is 13.1. The number of hydrogen-bond acceptors (Lipinski definition) is 2. The summed E-state index contributed by atoms with van der Waals surface area (Å²) >= 11 is 0.